The molecule has 0 aliphatic rings. The van der Waals surface area contributed by atoms with E-state index in [1.54, 1.807) is 6.07 Å². The van der Waals surface area contributed by atoms with Crippen LogP contribution in [0.25, 0.3) is 0 Å². The molecule has 0 saturated heterocycles. The van der Waals surface area contributed by atoms with E-state index in [0.717, 1.165) is 9.78 Å². The molecule has 1 rings (SSSR count). The Morgan fingerprint density at radius 1 is 1.60 bits per heavy atom. The lowest BCUT2D eigenvalue weighted by atomic mass is 10.3. The van der Waals surface area contributed by atoms with Crippen LogP contribution in [0.3, 0.4) is 0 Å². The van der Waals surface area contributed by atoms with Gasteiger partial charge >= 0.3 is 0 Å². The summed E-state index contributed by atoms with van der Waals surface area (Å²) >= 11 is 1.24. The van der Waals surface area contributed by atoms with Crippen LogP contribution in [-0.4, -0.2) is 34.2 Å². The van der Waals surface area contributed by atoms with Gasteiger partial charge in [0.15, 0.2) is 0 Å². The van der Waals surface area contributed by atoms with Crippen LogP contribution < -0.4 is 5.73 Å². The second kappa shape index (κ2) is 4.99. The molecule has 2 N–H and O–H groups in total. The number of carbonyl (C=O) groups is 2. The fourth-order valence-electron chi connectivity index (χ4n) is 1.14. The molecule has 0 fully saturated rings. The van der Waals surface area contributed by atoms with Gasteiger partial charge in [0.25, 0.3) is 5.91 Å². The molecule has 0 spiro atoms. The van der Waals surface area contributed by atoms with Crippen LogP contribution >= 0.6 is 11.5 Å². The summed E-state index contributed by atoms with van der Waals surface area (Å²) in [5.41, 5.74) is 5.63. The molecule has 15 heavy (non-hydrogen) atoms. The predicted octanol–water partition coefficient (Wildman–Crippen LogP) is 0.399. The third-order valence-corrected chi connectivity index (χ3v) is 2.52. The molecule has 0 bridgehead atoms. The highest BCUT2D eigenvalue weighted by molar-refractivity contribution is 7.05. The quantitative estimate of drug-likeness (QED) is 0.811. The molecule has 82 valence electrons. The second-order valence-corrected chi connectivity index (χ2v) is 4.10. The number of imide groups is 1. The van der Waals surface area contributed by atoms with Gasteiger partial charge in [-0.3, -0.25) is 14.5 Å². The van der Waals surface area contributed by atoms with E-state index in [1.807, 2.05) is 6.92 Å². The third-order valence-electron chi connectivity index (χ3n) is 1.83. The summed E-state index contributed by atoms with van der Waals surface area (Å²) in [4.78, 5) is 25.0. The van der Waals surface area contributed by atoms with Crippen molar-refractivity contribution in [1.29, 1.82) is 0 Å². The summed E-state index contributed by atoms with van der Waals surface area (Å²) < 4.78 is 3.96. The minimum absolute atomic E-state index is 0.227. The van der Waals surface area contributed by atoms with Crippen LogP contribution in [0.5, 0.6) is 0 Å². The van der Waals surface area contributed by atoms with Crippen LogP contribution in [0.1, 0.15) is 22.3 Å². The summed E-state index contributed by atoms with van der Waals surface area (Å²) in [6.45, 7) is 3.68. The molecular weight excluding hydrogens is 214 g/mol. The first kappa shape index (κ1) is 11.8. The van der Waals surface area contributed by atoms with Gasteiger partial charge in [0.05, 0.1) is 0 Å². The fourth-order valence-corrected chi connectivity index (χ4v) is 1.67. The van der Waals surface area contributed by atoms with E-state index in [0.29, 0.717) is 5.69 Å². The smallest absolute Gasteiger partial charge is 0.280 e. The normalized spacial score (nSPS) is 10.1. The molecule has 0 saturated carbocycles. The van der Waals surface area contributed by atoms with Gasteiger partial charge in [-0.25, -0.2) is 0 Å². The summed E-state index contributed by atoms with van der Waals surface area (Å²) in [6.07, 6.45) is 0. The van der Waals surface area contributed by atoms with Crippen molar-refractivity contribution in [1.82, 2.24) is 9.27 Å². The molecule has 1 aromatic rings. The van der Waals surface area contributed by atoms with E-state index in [2.05, 4.69) is 4.37 Å². The number of hydrogen-bond acceptors (Lipinski definition) is 5. The van der Waals surface area contributed by atoms with Gasteiger partial charge in [-0.15, -0.1) is 0 Å². The van der Waals surface area contributed by atoms with Crippen molar-refractivity contribution in [3.05, 3.63) is 16.6 Å². The van der Waals surface area contributed by atoms with E-state index >= 15 is 0 Å². The number of rotatable bonds is 3. The topological polar surface area (TPSA) is 76.3 Å². The van der Waals surface area contributed by atoms with Crippen LogP contribution in [-0.2, 0) is 4.79 Å². The fraction of sp³-hybridized carbons (Fsp3) is 0.444. The Balaban J connectivity index is 2.85. The molecule has 0 aromatic carbocycles. The van der Waals surface area contributed by atoms with Crippen molar-refractivity contribution in [3.63, 3.8) is 0 Å². The average molecular weight is 227 g/mol. The molecular formula is C9H13N3O2S. The summed E-state index contributed by atoms with van der Waals surface area (Å²) in [5, 5.41) is 0. The lowest BCUT2D eigenvalue weighted by Crippen LogP contribution is -2.39. The Morgan fingerprint density at radius 2 is 2.27 bits per heavy atom. The third kappa shape index (κ3) is 2.84. The maximum atomic E-state index is 11.8. The first-order valence-corrected chi connectivity index (χ1v) is 5.29. The molecule has 1 heterocycles. The monoisotopic (exact) mass is 227 g/mol. The van der Waals surface area contributed by atoms with Gasteiger partial charge < -0.3 is 5.73 Å². The Labute approximate surface area is 92.0 Å². The highest BCUT2D eigenvalue weighted by Crippen LogP contribution is 2.10. The molecule has 6 heteroatoms. The first-order chi connectivity index (χ1) is 7.06. The molecule has 0 radical (unpaired) electrons. The number of carbonyl (C=O) groups excluding carboxylic acids is 2. The van der Waals surface area contributed by atoms with Gasteiger partial charge in [0.2, 0.25) is 5.91 Å². The van der Waals surface area contributed by atoms with Crippen LogP contribution in [0.2, 0.25) is 0 Å². The number of aryl methyl sites for hydroxylation is 1. The SMILES string of the molecule is CC(=O)N(CCN)C(=O)c1cc(C)sn1. The number of amides is 2. The van der Waals surface area contributed by atoms with Crippen molar-refractivity contribution in [3.8, 4) is 0 Å². The number of aromatic nitrogens is 1. The number of nitrogens with two attached hydrogens (primary N) is 1. The Morgan fingerprint density at radius 3 is 2.67 bits per heavy atom. The van der Waals surface area contributed by atoms with Gasteiger partial charge in [-0.05, 0) is 24.5 Å². The van der Waals surface area contributed by atoms with Crippen molar-refractivity contribution in [2.45, 2.75) is 13.8 Å². The van der Waals surface area contributed by atoms with Crippen molar-refractivity contribution in [2.24, 2.45) is 5.73 Å². The second-order valence-electron chi connectivity index (χ2n) is 3.09. The maximum Gasteiger partial charge on any atom is 0.280 e. The highest BCUT2D eigenvalue weighted by Gasteiger charge is 2.20. The van der Waals surface area contributed by atoms with E-state index < -0.39 is 0 Å². The zero-order valence-electron chi connectivity index (χ0n) is 8.69. The largest absolute Gasteiger partial charge is 0.329 e. The minimum atomic E-state index is -0.377. The lowest BCUT2D eigenvalue weighted by Gasteiger charge is -2.16. The molecule has 0 unspecified atom stereocenters. The zero-order chi connectivity index (χ0) is 11.4. The number of hydrogen-bond donors (Lipinski definition) is 1. The van der Waals surface area contributed by atoms with E-state index in [1.165, 1.54) is 18.5 Å². The van der Waals surface area contributed by atoms with E-state index in [-0.39, 0.29) is 24.9 Å². The summed E-state index contributed by atoms with van der Waals surface area (Å²) in [5.74, 6) is -0.687. The van der Waals surface area contributed by atoms with Gasteiger partial charge in [0.1, 0.15) is 5.69 Å². The van der Waals surface area contributed by atoms with Crippen molar-refractivity contribution in [2.75, 3.05) is 13.1 Å². The Hall–Kier alpha value is -1.27. The summed E-state index contributed by atoms with van der Waals surface area (Å²) in [7, 11) is 0. The number of nitrogens with zero attached hydrogens (tertiary/aromatic N) is 2. The molecule has 0 atom stereocenters. The molecule has 5 nitrogen and oxygen atoms in total. The Bertz CT molecular complexity index is 375. The zero-order valence-corrected chi connectivity index (χ0v) is 9.50. The van der Waals surface area contributed by atoms with Crippen LogP contribution in [0.4, 0.5) is 0 Å². The molecule has 0 aliphatic carbocycles. The van der Waals surface area contributed by atoms with E-state index in [4.69, 9.17) is 5.73 Å². The van der Waals surface area contributed by atoms with Crippen LogP contribution in [0.15, 0.2) is 6.07 Å². The first-order valence-electron chi connectivity index (χ1n) is 4.52. The maximum absolute atomic E-state index is 11.8. The minimum Gasteiger partial charge on any atom is -0.329 e. The molecule has 1 aromatic heterocycles. The Kier molecular flexibility index (Phi) is 3.93. The molecule has 2 amide bonds. The average Bonchev–Trinajstić information content (AvgIpc) is 2.59. The van der Waals surface area contributed by atoms with Crippen molar-refractivity contribution < 1.29 is 9.59 Å². The highest BCUT2D eigenvalue weighted by atomic mass is 32.1. The standard InChI is InChI=1S/C9H13N3O2S/c1-6-5-8(11-15-6)9(14)12(4-3-10)7(2)13/h5H,3-4,10H2,1-2H3. The van der Waals surface area contributed by atoms with Crippen LogP contribution in [0, 0.1) is 6.92 Å². The van der Waals surface area contributed by atoms with Crippen molar-refractivity contribution >= 4 is 23.3 Å². The summed E-state index contributed by atoms with van der Waals surface area (Å²) in [6, 6.07) is 1.67. The van der Waals surface area contributed by atoms with Gasteiger partial charge in [-0.1, -0.05) is 0 Å². The lowest BCUT2D eigenvalue weighted by molar-refractivity contribution is -0.126. The van der Waals surface area contributed by atoms with E-state index in [9.17, 15) is 9.59 Å². The van der Waals surface area contributed by atoms with Gasteiger partial charge in [-0.2, -0.15) is 4.37 Å². The van der Waals surface area contributed by atoms with Gasteiger partial charge in [0, 0.05) is 24.9 Å². The molecule has 0 aliphatic heterocycles. The predicted molar refractivity (Wildman–Crippen MR) is 57.6 cm³/mol.